The van der Waals surface area contributed by atoms with Crippen molar-refractivity contribution in [1.82, 2.24) is 4.90 Å². The van der Waals surface area contributed by atoms with Crippen molar-refractivity contribution in [2.75, 3.05) is 7.05 Å². The minimum Gasteiger partial charge on any atom is -0.326 e. The van der Waals surface area contributed by atoms with Crippen molar-refractivity contribution in [3.05, 3.63) is 34.3 Å². The van der Waals surface area contributed by atoms with Gasteiger partial charge in [-0.25, -0.2) is 0 Å². The van der Waals surface area contributed by atoms with Crippen LogP contribution >= 0.6 is 15.9 Å². The molecule has 0 saturated heterocycles. The van der Waals surface area contributed by atoms with Gasteiger partial charge in [0, 0.05) is 22.6 Å². The molecule has 2 N–H and O–H groups in total. The Labute approximate surface area is 138 Å². The van der Waals surface area contributed by atoms with Crippen LogP contribution in [0.3, 0.4) is 0 Å². The molecule has 1 aliphatic carbocycles. The van der Waals surface area contributed by atoms with Crippen molar-refractivity contribution in [3.63, 3.8) is 0 Å². The van der Waals surface area contributed by atoms with Gasteiger partial charge in [-0.15, -0.1) is 0 Å². The summed E-state index contributed by atoms with van der Waals surface area (Å²) in [7, 11) is 2.28. The largest absolute Gasteiger partial charge is 0.326 e. The summed E-state index contributed by atoms with van der Waals surface area (Å²) in [6.07, 6.45) is 9.17. The molecule has 118 valence electrons. The first-order valence-electron chi connectivity index (χ1n) is 8.36. The molecule has 2 nitrogen and oxygen atoms in total. The Morgan fingerprint density at radius 2 is 1.71 bits per heavy atom. The summed E-state index contributed by atoms with van der Waals surface area (Å²) in [5.41, 5.74) is 7.83. The summed E-state index contributed by atoms with van der Waals surface area (Å²) in [6.45, 7) is 2.19. The monoisotopic (exact) mass is 352 g/mol. The number of likely N-dealkylation sites (N-methyl/N-ethyl adjacent to an activating group) is 1. The number of nitrogens with two attached hydrogens (primary N) is 1. The molecule has 0 aromatic heterocycles. The smallest absolute Gasteiger partial charge is 0.0498 e. The highest BCUT2D eigenvalue weighted by Gasteiger charge is 2.28. The van der Waals surface area contributed by atoms with Gasteiger partial charge in [0.2, 0.25) is 0 Å². The maximum absolute atomic E-state index is 6.48. The van der Waals surface area contributed by atoms with E-state index in [-0.39, 0.29) is 6.04 Å². The Morgan fingerprint density at radius 3 is 2.24 bits per heavy atom. The predicted molar refractivity (Wildman–Crippen MR) is 94.4 cm³/mol. The van der Waals surface area contributed by atoms with E-state index in [1.54, 1.807) is 0 Å². The van der Waals surface area contributed by atoms with Crippen molar-refractivity contribution in [2.24, 2.45) is 5.73 Å². The lowest BCUT2D eigenvalue weighted by Crippen LogP contribution is -2.43. The lowest BCUT2D eigenvalue weighted by atomic mass is 9.94. The van der Waals surface area contributed by atoms with Crippen LogP contribution < -0.4 is 5.73 Å². The third-order valence-corrected chi connectivity index (χ3v) is 5.46. The molecule has 2 unspecified atom stereocenters. The molecule has 2 atom stereocenters. The minimum absolute atomic E-state index is 0.194. The number of hydrogen-bond acceptors (Lipinski definition) is 2. The van der Waals surface area contributed by atoms with E-state index < -0.39 is 0 Å². The highest BCUT2D eigenvalue weighted by atomic mass is 79.9. The highest BCUT2D eigenvalue weighted by molar-refractivity contribution is 9.10. The molecule has 1 saturated carbocycles. The van der Waals surface area contributed by atoms with Crippen LogP contribution in [0.25, 0.3) is 0 Å². The van der Waals surface area contributed by atoms with Crippen LogP contribution in [0.15, 0.2) is 28.7 Å². The zero-order valence-electron chi connectivity index (χ0n) is 13.4. The fourth-order valence-electron chi connectivity index (χ4n) is 3.56. The van der Waals surface area contributed by atoms with Gasteiger partial charge < -0.3 is 5.73 Å². The summed E-state index contributed by atoms with van der Waals surface area (Å²) in [5.74, 6) is 0. The maximum atomic E-state index is 6.48. The summed E-state index contributed by atoms with van der Waals surface area (Å²) >= 11 is 3.53. The first kappa shape index (κ1) is 17.0. The van der Waals surface area contributed by atoms with Gasteiger partial charge in [-0.1, -0.05) is 60.7 Å². The standard InChI is InChI=1S/C18H29BrN2/c1-3-17(20)18(14-10-12-15(19)13-11-14)21(2)16-8-6-4-5-7-9-16/h10-13,16-18H,3-9,20H2,1-2H3. The first-order chi connectivity index (χ1) is 10.1. The number of halogens is 1. The van der Waals surface area contributed by atoms with Gasteiger partial charge >= 0.3 is 0 Å². The Bertz CT molecular complexity index is 410. The number of hydrogen-bond donors (Lipinski definition) is 1. The van der Waals surface area contributed by atoms with Crippen LogP contribution in [0.5, 0.6) is 0 Å². The molecular formula is C18H29BrN2. The van der Waals surface area contributed by atoms with Crippen LogP contribution in [-0.2, 0) is 0 Å². The number of rotatable bonds is 5. The van der Waals surface area contributed by atoms with Crippen LogP contribution in [0, 0.1) is 0 Å². The second kappa shape index (κ2) is 8.30. The van der Waals surface area contributed by atoms with Crippen LogP contribution in [-0.4, -0.2) is 24.0 Å². The second-order valence-corrected chi connectivity index (χ2v) is 7.30. The Kier molecular flexibility index (Phi) is 6.72. The van der Waals surface area contributed by atoms with Crippen molar-refractivity contribution in [1.29, 1.82) is 0 Å². The molecule has 3 heteroatoms. The zero-order chi connectivity index (χ0) is 15.2. The summed E-state index contributed by atoms with van der Waals surface area (Å²) < 4.78 is 1.13. The van der Waals surface area contributed by atoms with Crippen molar-refractivity contribution in [2.45, 2.75) is 70.0 Å². The molecule has 0 amide bonds. The number of benzene rings is 1. The van der Waals surface area contributed by atoms with Crippen molar-refractivity contribution < 1.29 is 0 Å². The molecule has 1 aliphatic rings. The fourth-order valence-corrected chi connectivity index (χ4v) is 3.82. The van der Waals surface area contributed by atoms with E-state index in [9.17, 15) is 0 Å². The molecule has 0 spiro atoms. The molecule has 1 fully saturated rings. The van der Waals surface area contributed by atoms with Gasteiger partial charge in [-0.3, -0.25) is 4.90 Å². The molecule has 1 aromatic rings. The molecule has 0 heterocycles. The van der Waals surface area contributed by atoms with E-state index in [0.717, 1.165) is 10.9 Å². The fraction of sp³-hybridized carbons (Fsp3) is 0.667. The zero-order valence-corrected chi connectivity index (χ0v) is 15.0. The van der Waals surface area contributed by atoms with Gasteiger partial charge in [-0.2, -0.15) is 0 Å². The normalized spacial score (nSPS) is 20.2. The van der Waals surface area contributed by atoms with Crippen molar-refractivity contribution >= 4 is 15.9 Å². The quantitative estimate of drug-likeness (QED) is 0.765. The van der Waals surface area contributed by atoms with E-state index >= 15 is 0 Å². The predicted octanol–water partition coefficient (Wildman–Crippen LogP) is 4.88. The topological polar surface area (TPSA) is 29.3 Å². The molecule has 2 rings (SSSR count). The summed E-state index contributed by atoms with van der Waals surface area (Å²) in [4.78, 5) is 2.56. The number of nitrogens with zero attached hydrogens (tertiary/aromatic N) is 1. The SMILES string of the molecule is CCC(N)C(c1ccc(Br)cc1)N(C)C1CCCCCC1. The van der Waals surface area contributed by atoms with E-state index in [0.29, 0.717) is 12.1 Å². The van der Waals surface area contributed by atoms with E-state index in [1.807, 2.05) is 0 Å². The molecule has 0 bridgehead atoms. The molecule has 0 aliphatic heterocycles. The molecular weight excluding hydrogens is 324 g/mol. The van der Waals surface area contributed by atoms with Crippen LogP contribution in [0.1, 0.15) is 63.5 Å². The summed E-state index contributed by atoms with van der Waals surface area (Å²) in [6, 6.07) is 9.90. The lowest BCUT2D eigenvalue weighted by Gasteiger charge is -2.38. The van der Waals surface area contributed by atoms with E-state index in [2.05, 4.69) is 59.1 Å². The van der Waals surface area contributed by atoms with Crippen LogP contribution in [0.2, 0.25) is 0 Å². The average molecular weight is 353 g/mol. The van der Waals surface area contributed by atoms with E-state index in [4.69, 9.17) is 5.73 Å². The maximum Gasteiger partial charge on any atom is 0.0498 e. The highest BCUT2D eigenvalue weighted by Crippen LogP contribution is 2.31. The second-order valence-electron chi connectivity index (χ2n) is 6.38. The van der Waals surface area contributed by atoms with Crippen LogP contribution in [0.4, 0.5) is 0 Å². The third kappa shape index (κ3) is 4.54. The Balaban J connectivity index is 2.19. The van der Waals surface area contributed by atoms with Gasteiger partial charge in [-0.05, 0) is 44.0 Å². The van der Waals surface area contributed by atoms with Gasteiger partial charge in [0.25, 0.3) is 0 Å². The van der Waals surface area contributed by atoms with Crippen molar-refractivity contribution in [3.8, 4) is 0 Å². The van der Waals surface area contributed by atoms with Gasteiger partial charge in [0.1, 0.15) is 0 Å². The van der Waals surface area contributed by atoms with E-state index in [1.165, 1.54) is 44.1 Å². The lowest BCUT2D eigenvalue weighted by molar-refractivity contribution is 0.135. The molecule has 21 heavy (non-hydrogen) atoms. The molecule has 0 radical (unpaired) electrons. The van der Waals surface area contributed by atoms with Gasteiger partial charge in [0.15, 0.2) is 0 Å². The Morgan fingerprint density at radius 1 is 1.14 bits per heavy atom. The Hall–Kier alpha value is -0.380. The average Bonchev–Trinajstić information content (AvgIpc) is 2.78. The molecule has 1 aromatic carbocycles. The summed E-state index contributed by atoms with van der Waals surface area (Å²) in [5, 5.41) is 0. The first-order valence-corrected chi connectivity index (χ1v) is 9.15. The van der Waals surface area contributed by atoms with Gasteiger partial charge in [0.05, 0.1) is 0 Å². The minimum atomic E-state index is 0.194. The third-order valence-electron chi connectivity index (χ3n) is 4.93.